The Morgan fingerprint density at radius 2 is 2.26 bits per heavy atom. The van der Waals surface area contributed by atoms with E-state index in [0.717, 1.165) is 11.1 Å². The van der Waals surface area contributed by atoms with Crippen LogP contribution in [0, 0.1) is 0 Å². The maximum Gasteiger partial charge on any atom is 0.272 e. The molecule has 0 amide bonds. The number of benzene rings is 1. The highest BCUT2D eigenvalue weighted by Gasteiger charge is 2.12. The molecule has 0 unspecified atom stereocenters. The predicted octanol–water partition coefficient (Wildman–Crippen LogP) is 1.61. The van der Waals surface area contributed by atoms with E-state index in [4.69, 9.17) is 16.7 Å². The van der Waals surface area contributed by atoms with Gasteiger partial charge in [0.15, 0.2) is 0 Å². The van der Waals surface area contributed by atoms with Crippen molar-refractivity contribution in [2.75, 3.05) is 13.2 Å². The van der Waals surface area contributed by atoms with Crippen LogP contribution in [0.15, 0.2) is 23.0 Å². The number of hydrogen-bond acceptors (Lipinski definition) is 4. The van der Waals surface area contributed by atoms with Crippen molar-refractivity contribution < 1.29 is 5.11 Å². The summed E-state index contributed by atoms with van der Waals surface area (Å²) in [6.07, 6.45) is 0.678. The summed E-state index contributed by atoms with van der Waals surface area (Å²) in [5.41, 5.74) is 0.521. The second kappa shape index (κ2) is 6.14. The van der Waals surface area contributed by atoms with Gasteiger partial charge in [0, 0.05) is 23.1 Å². The maximum absolute atomic E-state index is 11.7. The van der Waals surface area contributed by atoms with Gasteiger partial charge in [0.2, 0.25) is 0 Å². The fourth-order valence-corrected chi connectivity index (χ4v) is 2.16. The molecule has 0 saturated heterocycles. The monoisotopic (exact) mass is 281 g/mol. The molecule has 0 aliphatic rings. The van der Waals surface area contributed by atoms with Gasteiger partial charge in [-0.15, -0.1) is 0 Å². The topological polar surface area (TPSA) is 78.0 Å². The van der Waals surface area contributed by atoms with Gasteiger partial charge in [-0.3, -0.25) is 4.79 Å². The average Bonchev–Trinajstić information content (AvgIpc) is 2.40. The standard InChI is InChI=1S/C13H16ClN3O2/c1-8(15-5-2-6-18)12-10-4-3-9(14)7-11(10)13(19)17-16-12/h3-4,7-8,15,18H,2,5-6H2,1H3,(H,17,19)/t8-/m1/s1. The van der Waals surface area contributed by atoms with Gasteiger partial charge < -0.3 is 10.4 Å². The number of aromatic nitrogens is 2. The number of nitrogens with one attached hydrogen (secondary N) is 2. The number of fused-ring (bicyclic) bond motifs is 1. The molecule has 0 bridgehead atoms. The highest BCUT2D eigenvalue weighted by molar-refractivity contribution is 6.31. The van der Waals surface area contributed by atoms with Crippen molar-refractivity contribution in [3.63, 3.8) is 0 Å². The molecule has 0 aliphatic heterocycles. The average molecular weight is 282 g/mol. The quantitative estimate of drug-likeness (QED) is 0.728. The summed E-state index contributed by atoms with van der Waals surface area (Å²) in [7, 11) is 0. The lowest BCUT2D eigenvalue weighted by Crippen LogP contribution is -2.23. The van der Waals surface area contributed by atoms with Crippen molar-refractivity contribution >= 4 is 22.4 Å². The molecule has 2 aromatic rings. The van der Waals surface area contributed by atoms with Crippen molar-refractivity contribution in [3.8, 4) is 0 Å². The summed E-state index contributed by atoms with van der Waals surface area (Å²) >= 11 is 5.91. The first-order chi connectivity index (χ1) is 9.13. The lowest BCUT2D eigenvalue weighted by atomic mass is 10.1. The van der Waals surface area contributed by atoms with Crippen molar-refractivity contribution in [2.45, 2.75) is 19.4 Å². The smallest absolute Gasteiger partial charge is 0.272 e. The van der Waals surface area contributed by atoms with Crippen molar-refractivity contribution in [3.05, 3.63) is 39.3 Å². The number of aliphatic hydroxyl groups is 1. The Labute approximate surface area is 115 Å². The normalized spacial score (nSPS) is 12.8. The van der Waals surface area contributed by atoms with Crippen LogP contribution in [0.4, 0.5) is 0 Å². The van der Waals surface area contributed by atoms with Gasteiger partial charge in [-0.05, 0) is 32.0 Å². The maximum atomic E-state index is 11.7. The van der Waals surface area contributed by atoms with Crippen LogP contribution in [0.2, 0.25) is 5.02 Å². The molecule has 0 saturated carbocycles. The Morgan fingerprint density at radius 3 is 3.00 bits per heavy atom. The molecule has 19 heavy (non-hydrogen) atoms. The molecule has 0 fully saturated rings. The van der Waals surface area contributed by atoms with Crippen molar-refractivity contribution in [2.24, 2.45) is 0 Å². The van der Waals surface area contributed by atoms with E-state index in [-0.39, 0.29) is 18.2 Å². The number of hydrogen-bond donors (Lipinski definition) is 3. The van der Waals surface area contributed by atoms with Crippen LogP contribution in [-0.4, -0.2) is 28.5 Å². The third-order valence-electron chi connectivity index (χ3n) is 2.98. The summed E-state index contributed by atoms with van der Waals surface area (Å²) < 4.78 is 0. The minimum absolute atomic E-state index is 0.0212. The molecule has 1 aromatic heterocycles. The van der Waals surface area contributed by atoms with Gasteiger partial charge >= 0.3 is 0 Å². The van der Waals surface area contributed by atoms with E-state index < -0.39 is 0 Å². The van der Waals surface area contributed by atoms with Crippen LogP contribution in [0.1, 0.15) is 25.1 Å². The lowest BCUT2D eigenvalue weighted by molar-refractivity contribution is 0.284. The van der Waals surface area contributed by atoms with Gasteiger partial charge in [-0.2, -0.15) is 5.10 Å². The number of aromatic amines is 1. The Bertz CT molecular complexity index is 627. The fourth-order valence-electron chi connectivity index (χ4n) is 1.98. The molecule has 3 N–H and O–H groups in total. The van der Waals surface area contributed by atoms with E-state index >= 15 is 0 Å². The molecular formula is C13H16ClN3O2. The number of halogens is 1. The third kappa shape index (κ3) is 3.12. The molecule has 102 valence electrons. The first-order valence-electron chi connectivity index (χ1n) is 6.15. The van der Waals surface area contributed by atoms with E-state index in [0.29, 0.717) is 23.4 Å². The summed E-state index contributed by atoms with van der Waals surface area (Å²) in [4.78, 5) is 11.7. The molecule has 1 heterocycles. The molecule has 1 aromatic carbocycles. The molecule has 0 radical (unpaired) electrons. The Hall–Kier alpha value is -1.43. The van der Waals surface area contributed by atoms with E-state index in [1.54, 1.807) is 18.2 Å². The van der Waals surface area contributed by atoms with Crippen LogP contribution in [0.3, 0.4) is 0 Å². The third-order valence-corrected chi connectivity index (χ3v) is 3.21. The Kier molecular flexibility index (Phi) is 4.52. The SMILES string of the molecule is C[C@@H](NCCCO)c1n[nH]c(=O)c2cc(Cl)ccc12. The first-order valence-corrected chi connectivity index (χ1v) is 6.53. The zero-order valence-corrected chi connectivity index (χ0v) is 11.4. The molecule has 6 heteroatoms. The number of nitrogens with zero attached hydrogens (tertiary/aromatic N) is 1. The number of rotatable bonds is 5. The zero-order valence-electron chi connectivity index (χ0n) is 10.6. The van der Waals surface area contributed by atoms with Gasteiger partial charge in [-0.25, -0.2) is 5.10 Å². The summed E-state index contributed by atoms with van der Waals surface area (Å²) in [6, 6.07) is 5.17. The van der Waals surface area contributed by atoms with Crippen LogP contribution in [0.5, 0.6) is 0 Å². The van der Waals surface area contributed by atoms with E-state index in [9.17, 15) is 4.79 Å². The largest absolute Gasteiger partial charge is 0.396 e. The highest BCUT2D eigenvalue weighted by Crippen LogP contribution is 2.22. The van der Waals surface area contributed by atoms with Crippen LogP contribution in [-0.2, 0) is 0 Å². The molecular weight excluding hydrogens is 266 g/mol. The number of aliphatic hydroxyl groups excluding tert-OH is 1. The minimum atomic E-state index is -0.246. The van der Waals surface area contributed by atoms with Crippen molar-refractivity contribution in [1.82, 2.24) is 15.5 Å². The first kappa shape index (κ1) is 14.0. The van der Waals surface area contributed by atoms with Gasteiger partial charge in [0.1, 0.15) is 0 Å². The van der Waals surface area contributed by atoms with E-state index in [2.05, 4.69) is 15.5 Å². The van der Waals surface area contributed by atoms with Crippen LogP contribution >= 0.6 is 11.6 Å². The van der Waals surface area contributed by atoms with Gasteiger partial charge in [0.25, 0.3) is 5.56 Å². The summed E-state index contributed by atoms with van der Waals surface area (Å²) in [5, 5.41) is 20.5. The van der Waals surface area contributed by atoms with Gasteiger partial charge in [0.05, 0.1) is 11.1 Å². The lowest BCUT2D eigenvalue weighted by Gasteiger charge is -2.14. The minimum Gasteiger partial charge on any atom is -0.396 e. The number of H-pyrrole nitrogens is 1. The van der Waals surface area contributed by atoms with E-state index in [1.165, 1.54) is 0 Å². The molecule has 0 spiro atoms. The Balaban J connectivity index is 2.38. The molecule has 0 aliphatic carbocycles. The second-order valence-electron chi connectivity index (χ2n) is 4.38. The van der Waals surface area contributed by atoms with Gasteiger partial charge in [-0.1, -0.05) is 17.7 Å². The fraction of sp³-hybridized carbons (Fsp3) is 0.385. The van der Waals surface area contributed by atoms with Crippen LogP contribution < -0.4 is 10.9 Å². The molecule has 1 atom stereocenters. The summed E-state index contributed by atoms with van der Waals surface area (Å²) in [6.45, 7) is 2.80. The highest BCUT2D eigenvalue weighted by atomic mass is 35.5. The zero-order chi connectivity index (χ0) is 13.8. The second-order valence-corrected chi connectivity index (χ2v) is 4.82. The molecule has 5 nitrogen and oxygen atoms in total. The molecule has 2 rings (SSSR count). The Morgan fingerprint density at radius 1 is 1.47 bits per heavy atom. The van der Waals surface area contributed by atoms with Crippen molar-refractivity contribution in [1.29, 1.82) is 0 Å². The predicted molar refractivity (Wildman–Crippen MR) is 75.5 cm³/mol. The summed E-state index contributed by atoms with van der Waals surface area (Å²) in [5.74, 6) is 0. The van der Waals surface area contributed by atoms with E-state index in [1.807, 2.05) is 6.92 Å². The van der Waals surface area contributed by atoms with Crippen LogP contribution in [0.25, 0.3) is 10.8 Å².